The third-order valence-corrected chi connectivity index (χ3v) is 5.81. The summed E-state index contributed by atoms with van der Waals surface area (Å²) in [7, 11) is 0. The summed E-state index contributed by atoms with van der Waals surface area (Å²) >= 11 is 2.61. The van der Waals surface area contributed by atoms with Crippen molar-refractivity contribution in [3.05, 3.63) is 44.4 Å². The number of fused-ring (bicyclic) bond motifs is 1. The Labute approximate surface area is 135 Å². The molecule has 0 saturated heterocycles. The van der Waals surface area contributed by atoms with Gasteiger partial charge in [0.25, 0.3) is 0 Å². The van der Waals surface area contributed by atoms with E-state index in [1.54, 1.807) is 31.2 Å². The van der Waals surface area contributed by atoms with Gasteiger partial charge in [0.05, 0.1) is 17.6 Å². The number of carbonyl (C=O) groups excluding carboxylic acids is 1. The molecular weight excluding hydrogens is 322 g/mol. The standard InChI is InChI=1S/C15H15NO4S2/c1-2-20-14(18)10-7-21-13-12(22-15(19)16-13)11(10)8-3-5-9(17)6-4-8/h3-6,10-11,17H,2,7H2,1H3,(H,16,19). The lowest BCUT2D eigenvalue weighted by molar-refractivity contribution is -0.147. The normalized spacial score (nSPS) is 20.4. The van der Waals surface area contributed by atoms with Gasteiger partial charge in [-0.3, -0.25) is 9.59 Å². The molecule has 1 aromatic carbocycles. The number of aromatic nitrogens is 1. The molecule has 116 valence electrons. The minimum atomic E-state index is -0.339. The van der Waals surface area contributed by atoms with Crippen LogP contribution >= 0.6 is 23.1 Å². The molecule has 0 fully saturated rings. The lowest BCUT2D eigenvalue weighted by Gasteiger charge is -2.29. The molecule has 2 atom stereocenters. The molecule has 2 unspecified atom stereocenters. The predicted molar refractivity (Wildman–Crippen MR) is 85.7 cm³/mol. The number of phenols is 1. The number of rotatable bonds is 3. The van der Waals surface area contributed by atoms with Crippen molar-refractivity contribution in [3.8, 4) is 5.75 Å². The van der Waals surface area contributed by atoms with E-state index in [-0.39, 0.29) is 28.4 Å². The summed E-state index contributed by atoms with van der Waals surface area (Å²) in [5.41, 5.74) is 0.896. The first-order valence-electron chi connectivity index (χ1n) is 6.91. The summed E-state index contributed by atoms with van der Waals surface area (Å²) in [6, 6.07) is 6.76. The van der Waals surface area contributed by atoms with E-state index < -0.39 is 0 Å². The van der Waals surface area contributed by atoms with E-state index >= 15 is 0 Å². The molecule has 0 saturated carbocycles. The maximum atomic E-state index is 12.3. The van der Waals surface area contributed by atoms with E-state index in [4.69, 9.17) is 4.74 Å². The molecule has 2 aromatic rings. The largest absolute Gasteiger partial charge is 0.508 e. The van der Waals surface area contributed by atoms with E-state index in [0.717, 1.165) is 26.8 Å². The number of ether oxygens (including phenoxy) is 1. The van der Waals surface area contributed by atoms with Crippen molar-refractivity contribution < 1.29 is 14.6 Å². The van der Waals surface area contributed by atoms with E-state index in [2.05, 4.69) is 4.98 Å². The maximum absolute atomic E-state index is 12.3. The molecule has 2 heterocycles. The molecule has 0 radical (unpaired) electrons. The van der Waals surface area contributed by atoms with Crippen molar-refractivity contribution in [1.29, 1.82) is 0 Å². The van der Waals surface area contributed by atoms with Crippen LogP contribution in [0.25, 0.3) is 0 Å². The van der Waals surface area contributed by atoms with Gasteiger partial charge >= 0.3 is 10.8 Å². The van der Waals surface area contributed by atoms with Crippen LogP contribution in [-0.4, -0.2) is 28.4 Å². The molecule has 7 heteroatoms. The smallest absolute Gasteiger partial charge is 0.310 e. The number of carbonyl (C=O) groups is 1. The van der Waals surface area contributed by atoms with Crippen LogP contribution in [0, 0.1) is 5.92 Å². The molecule has 0 bridgehead atoms. The number of thiazole rings is 1. The molecule has 0 aliphatic carbocycles. The second kappa shape index (κ2) is 6.18. The molecule has 1 aliphatic heterocycles. The minimum Gasteiger partial charge on any atom is -0.508 e. The van der Waals surface area contributed by atoms with Gasteiger partial charge < -0.3 is 14.8 Å². The van der Waals surface area contributed by atoms with E-state index in [1.165, 1.54) is 11.8 Å². The number of nitrogens with one attached hydrogen (secondary N) is 1. The quantitative estimate of drug-likeness (QED) is 0.842. The highest BCUT2D eigenvalue weighted by molar-refractivity contribution is 7.99. The van der Waals surface area contributed by atoms with Gasteiger partial charge in [-0.05, 0) is 24.6 Å². The van der Waals surface area contributed by atoms with Crippen LogP contribution in [0.15, 0.2) is 34.1 Å². The fourth-order valence-corrected chi connectivity index (χ4v) is 5.01. The topological polar surface area (TPSA) is 79.4 Å². The molecule has 0 amide bonds. The molecule has 2 N–H and O–H groups in total. The lowest BCUT2D eigenvalue weighted by Crippen LogP contribution is -2.29. The summed E-state index contributed by atoms with van der Waals surface area (Å²) in [6.45, 7) is 2.11. The highest BCUT2D eigenvalue weighted by Gasteiger charge is 2.38. The molecule has 1 aromatic heterocycles. The van der Waals surface area contributed by atoms with Crippen LogP contribution < -0.4 is 4.87 Å². The number of thioether (sulfide) groups is 1. The SMILES string of the molecule is CCOC(=O)C1CSc2[nH]c(=O)sc2C1c1ccc(O)cc1. The Morgan fingerprint density at radius 2 is 2.14 bits per heavy atom. The zero-order valence-electron chi connectivity index (χ0n) is 11.9. The van der Waals surface area contributed by atoms with Crippen LogP contribution in [0.3, 0.4) is 0 Å². The van der Waals surface area contributed by atoms with Crippen LogP contribution in [0.2, 0.25) is 0 Å². The molecular formula is C15H15NO4S2. The lowest BCUT2D eigenvalue weighted by atomic mass is 9.85. The Morgan fingerprint density at radius 3 is 2.82 bits per heavy atom. The third-order valence-electron chi connectivity index (χ3n) is 3.58. The van der Waals surface area contributed by atoms with Crippen molar-refractivity contribution in [2.75, 3.05) is 12.4 Å². The number of hydrogen-bond acceptors (Lipinski definition) is 6. The molecule has 5 nitrogen and oxygen atoms in total. The highest BCUT2D eigenvalue weighted by Crippen LogP contribution is 2.45. The van der Waals surface area contributed by atoms with Crippen molar-refractivity contribution in [3.63, 3.8) is 0 Å². The highest BCUT2D eigenvalue weighted by atomic mass is 32.2. The molecule has 3 rings (SSSR count). The Balaban J connectivity index is 2.06. The number of H-pyrrole nitrogens is 1. The number of esters is 1. The Morgan fingerprint density at radius 1 is 1.41 bits per heavy atom. The van der Waals surface area contributed by atoms with Crippen molar-refractivity contribution in [2.45, 2.75) is 17.9 Å². The molecule has 0 spiro atoms. The number of benzene rings is 1. The van der Waals surface area contributed by atoms with E-state index in [0.29, 0.717) is 12.4 Å². The van der Waals surface area contributed by atoms with Crippen molar-refractivity contribution >= 4 is 29.1 Å². The first-order chi connectivity index (χ1) is 10.6. The molecule has 22 heavy (non-hydrogen) atoms. The summed E-state index contributed by atoms with van der Waals surface area (Å²) in [6.07, 6.45) is 0. The van der Waals surface area contributed by atoms with Gasteiger partial charge in [-0.1, -0.05) is 23.5 Å². The summed E-state index contributed by atoms with van der Waals surface area (Å²) in [5, 5.41) is 10.3. The fraction of sp³-hybridized carbons (Fsp3) is 0.333. The Hall–Kier alpha value is -1.73. The van der Waals surface area contributed by atoms with Crippen molar-refractivity contribution in [1.82, 2.24) is 4.98 Å². The average molecular weight is 337 g/mol. The second-order valence-corrected chi connectivity index (χ2v) is 6.99. The first kappa shape index (κ1) is 15.2. The average Bonchev–Trinajstić information content (AvgIpc) is 2.87. The fourth-order valence-electron chi connectivity index (χ4n) is 2.61. The summed E-state index contributed by atoms with van der Waals surface area (Å²) < 4.78 is 5.19. The van der Waals surface area contributed by atoms with Gasteiger partial charge in [0.2, 0.25) is 0 Å². The van der Waals surface area contributed by atoms with Crippen LogP contribution in [-0.2, 0) is 9.53 Å². The monoisotopic (exact) mass is 337 g/mol. The second-order valence-electron chi connectivity index (χ2n) is 4.95. The zero-order valence-corrected chi connectivity index (χ0v) is 13.5. The van der Waals surface area contributed by atoms with E-state index in [9.17, 15) is 14.7 Å². The predicted octanol–water partition coefficient (Wildman–Crippen LogP) is 2.56. The van der Waals surface area contributed by atoms with Crippen LogP contribution in [0.4, 0.5) is 0 Å². The summed E-state index contributed by atoms with van der Waals surface area (Å²) in [5.74, 6) is -0.0821. The van der Waals surface area contributed by atoms with Gasteiger partial charge in [-0.15, -0.1) is 11.8 Å². The van der Waals surface area contributed by atoms with Gasteiger partial charge in [-0.2, -0.15) is 0 Å². The Bertz CT molecular complexity index is 735. The zero-order chi connectivity index (χ0) is 15.7. The number of aromatic amines is 1. The van der Waals surface area contributed by atoms with E-state index in [1.807, 2.05) is 0 Å². The maximum Gasteiger partial charge on any atom is 0.310 e. The first-order valence-corrected chi connectivity index (χ1v) is 8.71. The number of aromatic hydroxyl groups is 1. The van der Waals surface area contributed by atoms with Gasteiger partial charge in [-0.25, -0.2) is 0 Å². The minimum absolute atomic E-state index is 0.120. The van der Waals surface area contributed by atoms with Gasteiger partial charge in [0.1, 0.15) is 5.75 Å². The Kier molecular flexibility index (Phi) is 4.26. The third kappa shape index (κ3) is 2.78. The van der Waals surface area contributed by atoms with Crippen molar-refractivity contribution in [2.24, 2.45) is 5.92 Å². The molecule has 1 aliphatic rings. The van der Waals surface area contributed by atoms with Crippen LogP contribution in [0.5, 0.6) is 5.75 Å². The summed E-state index contributed by atoms with van der Waals surface area (Å²) in [4.78, 5) is 27.5. The number of hydrogen-bond donors (Lipinski definition) is 2. The number of phenolic OH excluding ortho intramolecular Hbond substituents is 1. The van der Waals surface area contributed by atoms with Gasteiger partial charge in [0.15, 0.2) is 0 Å². The van der Waals surface area contributed by atoms with Gasteiger partial charge in [0, 0.05) is 16.5 Å². The van der Waals surface area contributed by atoms with Crippen LogP contribution in [0.1, 0.15) is 23.3 Å².